The van der Waals surface area contributed by atoms with Crippen molar-refractivity contribution in [3.8, 4) is 0 Å². The van der Waals surface area contributed by atoms with Crippen molar-refractivity contribution < 1.29 is 13.2 Å². The average Bonchev–Trinajstić information content (AvgIpc) is 2.76. The smallest absolute Gasteiger partial charge is 0.227 e. The van der Waals surface area contributed by atoms with Crippen molar-refractivity contribution in [2.75, 3.05) is 16.8 Å². The van der Waals surface area contributed by atoms with Gasteiger partial charge in [-0.3, -0.25) is 10.1 Å². The van der Waals surface area contributed by atoms with E-state index >= 15 is 0 Å². The molecule has 1 aromatic heterocycles. The summed E-state index contributed by atoms with van der Waals surface area (Å²) in [5.41, 5.74) is 0. The summed E-state index contributed by atoms with van der Waals surface area (Å²) in [5.74, 6) is 0.266. The highest BCUT2D eigenvalue weighted by Crippen LogP contribution is 2.21. The maximum Gasteiger partial charge on any atom is 0.227 e. The molecule has 0 spiro atoms. The Hall–Kier alpha value is -1.44. The predicted molar refractivity (Wildman–Crippen MR) is 56.4 cm³/mol. The highest BCUT2D eigenvalue weighted by atomic mass is 32.2. The van der Waals surface area contributed by atoms with Crippen LogP contribution in [0.4, 0.5) is 5.95 Å². The molecule has 0 aliphatic carbocycles. The van der Waals surface area contributed by atoms with E-state index in [4.69, 9.17) is 0 Å². The number of nitrogens with one attached hydrogen (secondary N) is 2. The Morgan fingerprint density at radius 2 is 2.44 bits per heavy atom. The summed E-state index contributed by atoms with van der Waals surface area (Å²) in [7, 11) is -2.92. The topological polar surface area (TPSA) is 105 Å². The number of rotatable bonds is 3. The zero-order valence-electron chi connectivity index (χ0n) is 8.51. The van der Waals surface area contributed by atoms with E-state index < -0.39 is 9.84 Å². The molecule has 0 aromatic carbocycles. The van der Waals surface area contributed by atoms with Gasteiger partial charge < -0.3 is 0 Å². The second kappa shape index (κ2) is 4.20. The van der Waals surface area contributed by atoms with Gasteiger partial charge in [0.1, 0.15) is 6.33 Å². The van der Waals surface area contributed by atoms with Crippen LogP contribution in [0.3, 0.4) is 0 Å². The summed E-state index contributed by atoms with van der Waals surface area (Å²) >= 11 is 0. The highest BCUT2D eigenvalue weighted by molar-refractivity contribution is 7.91. The number of carbonyl (C=O) groups excluding carboxylic acids is 1. The quantitative estimate of drug-likeness (QED) is 0.750. The van der Waals surface area contributed by atoms with E-state index in [2.05, 4.69) is 20.5 Å². The van der Waals surface area contributed by atoms with Gasteiger partial charge in [0.15, 0.2) is 9.84 Å². The number of nitrogens with zero attached hydrogens (tertiary/aromatic N) is 2. The van der Waals surface area contributed by atoms with Crippen molar-refractivity contribution in [2.45, 2.75) is 12.8 Å². The SMILES string of the molecule is O=C(CC1CCS(=O)(=O)C1)Nc1ncn[nH]1. The van der Waals surface area contributed by atoms with Gasteiger partial charge >= 0.3 is 0 Å². The molecule has 1 unspecified atom stereocenters. The van der Waals surface area contributed by atoms with Gasteiger partial charge in [-0.2, -0.15) is 10.1 Å². The largest absolute Gasteiger partial charge is 0.295 e. The molecule has 8 heteroatoms. The van der Waals surface area contributed by atoms with Crippen LogP contribution < -0.4 is 5.32 Å². The lowest BCUT2D eigenvalue weighted by Gasteiger charge is -2.06. The van der Waals surface area contributed by atoms with E-state index in [9.17, 15) is 13.2 Å². The van der Waals surface area contributed by atoms with E-state index in [-0.39, 0.29) is 35.7 Å². The van der Waals surface area contributed by atoms with Crippen LogP contribution in [0.25, 0.3) is 0 Å². The van der Waals surface area contributed by atoms with Crippen LogP contribution in [-0.2, 0) is 14.6 Å². The van der Waals surface area contributed by atoms with Crippen molar-refractivity contribution >= 4 is 21.7 Å². The van der Waals surface area contributed by atoms with Crippen LogP contribution in [0.15, 0.2) is 6.33 Å². The number of hydrogen-bond acceptors (Lipinski definition) is 5. The van der Waals surface area contributed by atoms with Crippen molar-refractivity contribution in [2.24, 2.45) is 5.92 Å². The number of sulfone groups is 1. The molecule has 16 heavy (non-hydrogen) atoms. The zero-order valence-corrected chi connectivity index (χ0v) is 9.33. The van der Waals surface area contributed by atoms with E-state index in [1.54, 1.807) is 0 Å². The van der Waals surface area contributed by atoms with Crippen LogP contribution in [0.5, 0.6) is 0 Å². The highest BCUT2D eigenvalue weighted by Gasteiger charge is 2.29. The third-order valence-corrected chi connectivity index (χ3v) is 4.31. The lowest BCUT2D eigenvalue weighted by Crippen LogP contribution is -2.18. The molecule has 2 N–H and O–H groups in total. The average molecular weight is 244 g/mol. The van der Waals surface area contributed by atoms with E-state index in [1.807, 2.05) is 0 Å². The molecule has 1 fully saturated rings. The van der Waals surface area contributed by atoms with Gasteiger partial charge in [0.05, 0.1) is 11.5 Å². The molecule has 2 rings (SSSR count). The molecule has 1 aromatic rings. The summed E-state index contributed by atoms with van der Waals surface area (Å²) in [6, 6.07) is 0. The number of hydrogen-bond donors (Lipinski definition) is 2. The molecule has 1 aliphatic heterocycles. The first-order chi connectivity index (χ1) is 7.55. The molecule has 1 atom stereocenters. The summed E-state index contributed by atoms with van der Waals surface area (Å²) < 4.78 is 22.4. The Bertz CT molecular complexity index is 467. The first-order valence-electron chi connectivity index (χ1n) is 4.91. The Kier molecular flexibility index (Phi) is 2.90. The minimum Gasteiger partial charge on any atom is -0.295 e. The number of aromatic nitrogens is 3. The Morgan fingerprint density at radius 1 is 1.62 bits per heavy atom. The first-order valence-corrected chi connectivity index (χ1v) is 6.73. The summed E-state index contributed by atoms with van der Waals surface area (Å²) in [6.45, 7) is 0. The molecule has 2 heterocycles. The van der Waals surface area contributed by atoms with Crippen molar-refractivity contribution in [1.82, 2.24) is 15.2 Å². The number of amides is 1. The Balaban J connectivity index is 1.85. The number of anilines is 1. The molecular weight excluding hydrogens is 232 g/mol. The van der Waals surface area contributed by atoms with Gasteiger partial charge in [0.25, 0.3) is 0 Å². The van der Waals surface area contributed by atoms with Gasteiger partial charge in [-0.15, -0.1) is 0 Å². The van der Waals surface area contributed by atoms with Crippen LogP contribution >= 0.6 is 0 Å². The van der Waals surface area contributed by atoms with Crippen molar-refractivity contribution in [1.29, 1.82) is 0 Å². The minimum absolute atomic E-state index is 0.0760. The second-order valence-corrected chi connectivity index (χ2v) is 6.08. The zero-order chi connectivity index (χ0) is 11.6. The predicted octanol–water partition coefficient (Wildman–Crippen LogP) is -0.432. The van der Waals surface area contributed by atoms with Crippen LogP contribution in [0, 0.1) is 5.92 Å². The number of carbonyl (C=O) groups is 1. The Labute approximate surface area is 92.6 Å². The molecule has 1 aliphatic rings. The van der Waals surface area contributed by atoms with Gasteiger partial charge in [-0.05, 0) is 12.3 Å². The van der Waals surface area contributed by atoms with E-state index in [1.165, 1.54) is 6.33 Å². The van der Waals surface area contributed by atoms with Crippen LogP contribution in [-0.4, -0.2) is 41.0 Å². The third kappa shape index (κ3) is 2.78. The maximum atomic E-state index is 11.5. The molecule has 1 saturated heterocycles. The molecule has 7 nitrogen and oxygen atoms in total. The summed E-state index contributed by atoms with van der Waals surface area (Å²) in [6.07, 6.45) is 2.06. The van der Waals surface area contributed by atoms with Gasteiger partial charge in [0, 0.05) is 6.42 Å². The molecule has 0 radical (unpaired) electrons. The van der Waals surface area contributed by atoms with Gasteiger partial charge in [-0.25, -0.2) is 13.5 Å². The monoisotopic (exact) mass is 244 g/mol. The lowest BCUT2D eigenvalue weighted by atomic mass is 10.1. The first kappa shape index (κ1) is 11.1. The lowest BCUT2D eigenvalue weighted by molar-refractivity contribution is -0.116. The van der Waals surface area contributed by atoms with E-state index in [0.717, 1.165) is 0 Å². The fourth-order valence-corrected chi connectivity index (χ4v) is 3.61. The minimum atomic E-state index is -2.92. The number of aromatic amines is 1. The van der Waals surface area contributed by atoms with Crippen molar-refractivity contribution in [3.05, 3.63) is 6.33 Å². The van der Waals surface area contributed by atoms with Gasteiger partial charge in [-0.1, -0.05) is 0 Å². The molecule has 0 bridgehead atoms. The molecule has 1 amide bonds. The third-order valence-electron chi connectivity index (χ3n) is 2.47. The summed E-state index contributed by atoms with van der Waals surface area (Å²) in [5, 5.41) is 8.59. The molecule has 0 saturated carbocycles. The summed E-state index contributed by atoms with van der Waals surface area (Å²) in [4.78, 5) is 15.2. The van der Waals surface area contributed by atoms with Crippen molar-refractivity contribution in [3.63, 3.8) is 0 Å². The normalized spacial score (nSPS) is 23.1. The second-order valence-electron chi connectivity index (χ2n) is 3.86. The van der Waals surface area contributed by atoms with Crippen LogP contribution in [0.1, 0.15) is 12.8 Å². The van der Waals surface area contributed by atoms with Crippen LogP contribution in [0.2, 0.25) is 0 Å². The number of H-pyrrole nitrogens is 1. The fourth-order valence-electron chi connectivity index (χ4n) is 1.74. The standard InChI is InChI=1S/C8H12N4O3S/c13-7(11-8-9-5-10-12-8)3-6-1-2-16(14,15)4-6/h5-6H,1-4H2,(H2,9,10,11,12,13). The Morgan fingerprint density at radius 3 is 3.00 bits per heavy atom. The van der Waals surface area contributed by atoms with E-state index in [0.29, 0.717) is 6.42 Å². The molecule has 88 valence electrons. The fraction of sp³-hybridized carbons (Fsp3) is 0.625. The maximum absolute atomic E-state index is 11.5. The van der Waals surface area contributed by atoms with Gasteiger partial charge in [0.2, 0.25) is 11.9 Å². The molecular formula is C8H12N4O3S.